The zero-order valence-corrected chi connectivity index (χ0v) is 20.3. The van der Waals surface area contributed by atoms with Crippen LogP contribution in [0.1, 0.15) is 24.7 Å². The molecular weight excluding hydrogens is 464 g/mol. The molecule has 190 valence electrons. The summed E-state index contributed by atoms with van der Waals surface area (Å²) in [5, 5.41) is 12.3. The van der Waals surface area contributed by atoms with Crippen LogP contribution in [0.2, 0.25) is 0 Å². The van der Waals surface area contributed by atoms with Crippen LogP contribution < -0.4 is 9.80 Å². The number of benzene rings is 1. The molecular formula is C25H30N6O5. The van der Waals surface area contributed by atoms with Gasteiger partial charge in [0.05, 0.1) is 30.8 Å². The Morgan fingerprint density at radius 2 is 1.92 bits per heavy atom. The molecule has 11 nitrogen and oxygen atoms in total. The Bertz CT molecular complexity index is 1130. The molecule has 1 aliphatic heterocycles. The van der Waals surface area contributed by atoms with Gasteiger partial charge in [0.15, 0.2) is 0 Å². The van der Waals surface area contributed by atoms with Crippen molar-refractivity contribution in [2.24, 2.45) is 0 Å². The minimum Gasteiger partial charge on any atom is -0.467 e. The topological polar surface area (TPSA) is 118 Å². The maximum atomic E-state index is 12.3. The number of piperazine rings is 1. The van der Waals surface area contributed by atoms with Crippen LogP contribution in [-0.4, -0.2) is 65.1 Å². The third kappa shape index (κ3) is 6.36. The summed E-state index contributed by atoms with van der Waals surface area (Å²) in [6.07, 6.45) is 2.93. The summed E-state index contributed by atoms with van der Waals surface area (Å²) in [6, 6.07) is 13.7. The fraction of sp³-hybridized carbons (Fsp3) is 0.400. The first-order chi connectivity index (χ1) is 17.5. The number of nitro groups is 1. The van der Waals surface area contributed by atoms with E-state index >= 15 is 0 Å². The predicted molar refractivity (Wildman–Crippen MR) is 134 cm³/mol. The number of nitrogens with zero attached hydrogens (tertiary/aromatic N) is 6. The molecule has 0 N–H and O–H groups in total. The monoisotopic (exact) mass is 494 g/mol. The maximum Gasteiger partial charge on any atom is 0.353 e. The van der Waals surface area contributed by atoms with Crippen LogP contribution in [0.4, 0.5) is 17.3 Å². The molecule has 1 saturated heterocycles. The van der Waals surface area contributed by atoms with Gasteiger partial charge in [-0.2, -0.15) is 0 Å². The first kappa shape index (κ1) is 25.1. The van der Waals surface area contributed by atoms with Crippen LogP contribution in [0.5, 0.6) is 0 Å². The van der Waals surface area contributed by atoms with Crippen molar-refractivity contribution in [3.63, 3.8) is 0 Å². The van der Waals surface area contributed by atoms with E-state index < -0.39 is 4.92 Å². The van der Waals surface area contributed by atoms with Gasteiger partial charge in [0, 0.05) is 39.3 Å². The van der Waals surface area contributed by atoms with Gasteiger partial charge in [0.1, 0.15) is 12.1 Å². The second-order valence-electron chi connectivity index (χ2n) is 8.43. The number of hydrogen-bond donors (Lipinski definition) is 0. The zero-order chi connectivity index (χ0) is 25.3. The van der Waals surface area contributed by atoms with Crippen LogP contribution in [0.15, 0.2) is 59.5 Å². The Hall–Kier alpha value is -3.99. The summed E-state index contributed by atoms with van der Waals surface area (Å²) in [7, 11) is 0. The van der Waals surface area contributed by atoms with Gasteiger partial charge in [0.25, 0.3) is 0 Å². The summed E-state index contributed by atoms with van der Waals surface area (Å²) in [6.45, 7) is 5.95. The van der Waals surface area contributed by atoms with E-state index in [-0.39, 0.29) is 49.4 Å². The standard InChI is InChI=1S/C25H30N6O5/c1-2-35-22(32)10-11-30(18-21-9-6-16-36-21)25-23(31(33)34)24(26-19-27-25)29-14-12-28(13-15-29)17-20-7-4-3-5-8-20/h3-9,16,19H,2,10-15,17-18H2,1H3. The molecule has 0 unspecified atom stereocenters. The molecule has 3 aromatic rings. The average molecular weight is 495 g/mol. The zero-order valence-electron chi connectivity index (χ0n) is 20.3. The highest BCUT2D eigenvalue weighted by atomic mass is 16.6. The van der Waals surface area contributed by atoms with Crippen molar-refractivity contribution in [1.29, 1.82) is 0 Å². The van der Waals surface area contributed by atoms with E-state index in [1.54, 1.807) is 24.0 Å². The van der Waals surface area contributed by atoms with Gasteiger partial charge < -0.3 is 19.0 Å². The average Bonchev–Trinajstić information content (AvgIpc) is 3.40. The summed E-state index contributed by atoms with van der Waals surface area (Å²) in [5.41, 5.74) is 1.06. The van der Waals surface area contributed by atoms with Crippen molar-refractivity contribution in [3.05, 3.63) is 76.5 Å². The highest BCUT2D eigenvalue weighted by molar-refractivity contribution is 5.73. The minimum atomic E-state index is -0.444. The van der Waals surface area contributed by atoms with E-state index in [2.05, 4.69) is 27.0 Å². The highest BCUT2D eigenvalue weighted by Gasteiger charge is 2.32. The number of carbonyl (C=O) groups excluding carboxylic acids is 1. The molecule has 1 aliphatic rings. The minimum absolute atomic E-state index is 0.0587. The Morgan fingerprint density at radius 3 is 2.58 bits per heavy atom. The van der Waals surface area contributed by atoms with Gasteiger partial charge in [-0.15, -0.1) is 0 Å². The number of rotatable bonds is 11. The smallest absolute Gasteiger partial charge is 0.353 e. The van der Waals surface area contributed by atoms with Crippen molar-refractivity contribution in [1.82, 2.24) is 14.9 Å². The van der Waals surface area contributed by atoms with Gasteiger partial charge in [-0.1, -0.05) is 30.3 Å². The molecule has 0 radical (unpaired) electrons. The van der Waals surface area contributed by atoms with Gasteiger partial charge in [0.2, 0.25) is 11.6 Å². The number of esters is 1. The Kier molecular flexibility index (Phi) is 8.45. The van der Waals surface area contributed by atoms with Crippen LogP contribution in [0.3, 0.4) is 0 Å². The number of ether oxygens (including phenoxy) is 1. The molecule has 1 aromatic carbocycles. The van der Waals surface area contributed by atoms with Crippen molar-refractivity contribution < 1.29 is 18.9 Å². The first-order valence-electron chi connectivity index (χ1n) is 12.0. The van der Waals surface area contributed by atoms with Crippen LogP contribution in [0.25, 0.3) is 0 Å². The summed E-state index contributed by atoms with van der Waals surface area (Å²) in [5.74, 6) is 0.651. The van der Waals surface area contributed by atoms with Crippen molar-refractivity contribution in [2.45, 2.75) is 26.4 Å². The molecule has 1 fully saturated rings. The lowest BCUT2D eigenvalue weighted by atomic mass is 10.2. The van der Waals surface area contributed by atoms with Crippen LogP contribution in [-0.2, 0) is 22.6 Å². The molecule has 0 amide bonds. The van der Waals surface area contributed by atoms with Gasteiger partial charge in [-0.25, -0.2) is 9.97 Å². The largest absolute Gasteiger partial charge is 0.467 e. The molecule has 0 atom stereocenters. The number of anilines is 2. The number of carbonyl (C=O) groups is 1. The number of hydrogen-bond acceptors (Lipinski definition) is 10. The van der Waals surface area contributed by atoms with E-state index in [0.29, 0.717) is 18.8 Å². The van der Waals surface area contributed by atoms with Crippen LogP contribution >= 0.6 is 0 Å². The lowest BCUT2D eigenvalue weighted by Crippen LogP contribution is -2.46. The molecule has 0 spiro atoms. The van der Waals surface area contributed by atoms with Gasteiger partial charge in [-0.3, -0.25) is 19.8 Å². The fourth-order valence-corrected chi connectivity index (χ4v) is 4.26. The van der Waals surface area contributed by atoms with E-state index in [4.69, 9.17) is 9.15 Å². The summed E-state index contributed by atoms with van der Waals surface area (Å²) in [4.78, 5) is 38.4. The SMILES string of the molecule is CCOC(=O)CCN(Cc1ccco1)c1ncnc(N2CCN(Cc3ccccc3)CC2)c1[N+](=O)[O-]. The molecule has 0 bridgehead atoms. The Morgan fingerprint density at radius 1 is 1.14 bits per heavy atom. The fourth-order valence-electron chi connectivity index (χ4n) is 4.26. The molecule has 2 aromatic heterocycles. The maximum absolute atomic E-state index is 12.3. The highest BCUT2D eigenvalue weighted by Crippen LogP contribution is 2.35. The van der Waals surface area contributed by atoms with Crippen LogP contribution in [0, 0.1) is 10.1 Å². The number of aromatic nitrogens is 2. The molecule has 3 heterocycles. The van der Waals surface area contributed by atoms with E-state index in [1.807, 2.05) is 23.1 Å². The van der Waals surface area contributed by atoms with E-state index in [9.17, 15) is 14.9 Å². The summed E-state index contributed by atoms with van der Waals surface area (Å²) >= 11 is 0. The third-order valence-electron chi connectivity index (χ3n) is 6.00. The lowest BCUT2D eigenvalue weighted by Gasteiger charge is -2.35. The molecule has 4 rings (SSSR count). The van der Waals surface area contributed by atoms with Gasteiger partial charge >= 0.3 is 11.7 Å². The normalized spacial score (nSPS) is 14.0. The Balaban J connectivity index is 1.54. The van der Waals surface area contributed by atoms with E-state index in [1.165, 1.54) is 18.2 Å². The predicted octanol–water partition coefficient (Wildman–Crippen LogP) is 3.26. The van der Waals surface area contributed by atoms with Crippen molar-refractivity contribution in [2.75, 3.05) is 49.1 Å². The van der Waals surface area contributed by atoms with Gasteiger partial charge in [-0.05, 0) is 24.6 Å². The molecule has 0 aliphatic carbocycles. The lowest BCUT2D eigenvalue weighted by molar-refractivity contribution is -0.383. The van der Waals surface area contributed by atoms with E-state index in [0.717, 1.165) is 19.6 Å². The molecule has 0 saturated carbocycles. The van der Waals surface area contributed by atoms with Crippen molar-refractivity contribution >= 4 is 23.3 Å². The first-order valence-corrected chi connectivity index (χ1v) is 12.0. The quantitative estimate of drug-likeness (QED) is 0.223. The molecule has 36 heavy (non-hydrogen) atoms. The Labute approximate surface area is 209 Å². The summed E-state index contributed by atoms with van der Waals surface area (Å²) < 4.78 is 10.5. The number of furan rings is 1. The molecule has 11 heteroatoms. The second kappa shape index (κ2) is 12.1. The van der Waals surface area contributed by atoms with Crippen molar-refractivity contribution in [3.8, 4) is 0 Å². The third-order valence-corrected chi connectivity index (χ3v) is 6.00. The second-order valence-corrected chi connectivity index (χ2v) is 8.43.